The molecule has 0 aromatic carbocycles. The van der Waals surface area contributed by atoms with Gasteiger partial charge in [-0.15, -0.1) is 11.8 Å². The summed E-state index contributed by atoms with van der Waals surface area (Å²) in [4.78, 5) is 110. The van der Waals surface area contributed by atoms with Crippen molar-refractivity contribution < 1.29 is 100.0 Å². The molecule has 3 heterocycles. The number of carbonyl (C=O) groups is 9. The molecular weight excluding hydrogens is 833 g/mol. The fourth-order valence-corrected chi connectivity index (χ4v) is 9.43. The SMILES string of the molecule is CC(=O)OC[C@H]1O[C@@H](S[C@@H]2O[C@H](COC(C)=O)[C@@H](OC(C)=O)C[C@H]2OC(C)=O)[C@H](OC(C)=O)[C@@H](S[C@@H]2O[C@H](COC(C)=O)[C@@H](OC(C)=O)C[C@H]2OC(C)=O)[C@@H]1OC(C)=O. The number of hydrogen-bond acceptors (Lipinski definition) is 23. The summed E-state index contributed by atoms with van der Waals surface area (Å²) in [6.45, 7) is 8.97. The lowest BCUT2D eigenvalue weighted by Crippen LogP contribution is -2.61. The van der Waals surface area contributed by atoms with E-state index in [9.17, 15) is 43.2 Å². The van der Waals surface area contributed by atoms with Gasteiger partial charge in [0.2, 0.25) is 0 Å². The van der Waals surface area contributed by atoms with E-state index >= 15 is 0 Å². The Morgan fingerprint density at radius 2 is 0.712 bits per heavy atom. The second-order valence-electron chi connectivity index (χ2n) is 13.5. The van der Waals surface area contributed by atoms with Gasteiger partial charge in [-0.3, -0.25) is 43.2 Å². The van der Waals surface area contributed by atoms with Crippen molar-refractivity contribution >= 4 is 77.2 Å². The van der Waals surface area contributed by atoms with Crippen LogP contribution < -0.4 is 0 Å². The molecule has 0 spiro atoms. The molecule has 0 aromatic heterocycles. The topological polar surface area (TPSA) is 264 Å². The van der Waals surface area contributed by atoms with Gasteiger partial charge < -0.3 is 56.8 Å². The normalized spacial score (nSPS) is 31.6. The standard InChI is InChI=1S/C36H50O21S2/c1-15(37)46-12-28-24(49-18(4)40)10-26(51-20(6)42)34(55-28)58-33-31(53-22(8)44)30(14-48-17(3)39)57-36(32(33)54-23(9)45)59-35-27(52-21(7)43)11-25(50-19(5)41)29(56-35)13-47-16(2)38/h24-36H,10-14H2,1-9H3/t24-,25-,26+,27+,28+,29+,30+,31+,32+,33-,34-,35-,36-/m0/s1. The molecule has 23 heteroatoms. The molecule has 3 aliphatic rings. The van der Waals surface area contributed by atoms with E-state index in [1.54, 1.807) is 0 Å². The summed E-state index contributed by atoms with van der Waals surface area (Å²) in [5, 5.41) is -1.21. The highest BCUT2D eigenvalue weighted by atomic mass is 32.2. The van der Waals surface area contributed by atoms with Crippen LogP contribution in [0.25, 0.3) is 0 Å². The first kappa shape index (κ1) is 49.2. The molecule has 0 aliphatic carbocycles. The largest absolute Gasteiger partial charge is 0.463 e. The highest BCUT2D eigenvalue weighted by molar-refractivity contribution is 8.01. The van der Waals surface area contributed by atoms with Crippen LogP contribution >= 0.6 is 23.5 Å². The predicted octanol–water partition coefficient (Wildman–Crippen LogP) is 1.06. The van der Waals surface area contributed by atoms with E-state index in [2.05, 4.69) is 0 Å². The van der Waals surface area contributed by atoms with Gasteiger partial charge in [-0.2, -0.15) is 0 Å². The maximum atomic E-state index is 12.9. The van der Waals surface area contributed by atoms with E-state index in [1.165, 1.54) is 0 Å². The molecule has 59 heavy (non-hydrogen) atoms. The Balaban J connectivity index is 2.16. The third-order valence-corrected chi connectivity index (χ3v) is 11.2. The third-order valence-electron chi connectivity index (χ3n) is 8.36. The van der Waals surface area contributed by atoms with Gasteiger partial charge in [0.25, 0.3) is 0 Å². The highest BCUT2D eigenvalue weighted by Gasteiger charge is 2.55. The number of thioether (sulfide) groups is 2. The second-order valence-corrected chi connectivity index (χ2v) is 16.0. The van der Waals surface area contributed by atoms with Gasteiger partial charge in [0, 0.05) is 75.2 Å². The number of rotatable bonds is 16. The van der Waals surface area contributed by atoms with Gasteiger partial charge >= 0.3 is 53.7 Å². The number of carbonyl (C=O) groups excluding carboxylic acids is 9. The smallest absolute Gasteiger partial charge is 0.303 e. The third kappa shape index (κ3) is 16.1. The monoisotopic (exact) mass is 882 g/mol. The summed E-state index contributed by atoms with van der Waals surface area (Å²) in [6, 6.07) is 0. The molecule has 21 nitrogen and oxygen atoms in total. The van der Waals surface area contributed by atoms with Crippen molar-refractivity contribution in [2.45, 2.75) is 152 Å². The Bertz CT molecular complexity index is 1560. The maximum Gasteiger partial charge on any atom is 0.303 e. The molecule has 0 saturated carbocycles. The van der Waals surface area contributed by atoms with E-state index in [0.29, 0.717) is 0 Å². The summed E-state index contributed by atoms with van der Waals surface area (Å²) in [6.07, 6.45) is -11.0. The van der Waals surface area contributed by atoms with Crippen LogP contribution in [0.1, 0.15) is 75.2 Å². The van der Waals surface area contributed by atoms with Gasteiger partial charge in [0.15, 0.2) is 6.10 Å². The zero-order valence-corrected chi connectivity index (χ0v) is 35.6. The molecule has 0 bridgehead atoms. The Morgan fingerprint density at radius 3 is 1.08 bits per heavy atom. The molecule has 13 atom stereocenters. The zero-order valence-electron chi connectivity index (χ0n) is 33.9. The van der Waals surface area contributed by atoms with Gasteiger partial charge in [0.1, 0.15) is 85.0 Å². The molecule has 3 aliphatic heterocycles. The molecule has 0 aromatic rings. The molecule has 0 unspecified atom stereocenters. The van der Waals surface area contributed by atoms with E-state index in [1.807, 2.05) is 0 Å². The van der Waals surface area contributed by atoms with Crippen molar-refractivity contribution in [3.8, 4) is 0 Å². The van der Waals surface area contributed by atoms with Crippen LogP contribution in [0.5, 0.6) is 0 Å². The average molecular weight is 883 g/mol. The molecular formula is C36H50O21S2. The second kappa shape index (κ2) is 23.0. The number of ether oxygens (including phenoxy) is 12. The molecule has 3 fully saturated rings. The lowest BCUT2D eigenvalue weighted by atomic mass is 10.0. The van der Waals surface area contributed by atoms with E-state index in [4.69, 9.17) is 56.8 Å². The van der Waals surface area contributed by atoms with Gasteiger partial charge in [-0.25, -0.2) is 0 Å². The molecule has 332 valence electrons. The van der Waals surface area contributed by atoms with Crippen LogP contribution in [0.2, 0.25) is 0 Å². The first-order valence-electron chi connectivity index (χ1n) is 18.3. The van der Waals surface area contributed by atoms with Crippen LogP contribution in [-0.4, -0.2) is 150 Å². The molecule has 3 rings (SSSR count). The van der Waals surface area contributed by atoms with Crippen LogP contribution in [0.4, 0.5) is 0 Å². The van der Waals surface area contributed by atoms with Crippen molar-refractivity contribution in [1.82, 2.24) is 0 Å². The van der Waals surface area contributed by atoms with Gasteiger partial charge in [0.05, 0.1) is 5.25 Å². The molecule has 0 N–H and O–H groups in total. The van der Waals surface area contributed by atoms with E-state index in [0.717, 1.165) is 85.8 Å². The van der Waals surface area contributed by atoms with Crippen LogP contribution in [0, 0.1) is 0 Å². The highest BCUT2D eigenvalue weighted by Crippen LogP contribution is 2.46. The number of hydrogen-bond donors (Lipinski definition) is 0. The van der Waals surface area contributed by atoms with Crippen LogP contribution in [0.3, 0.4) is 0 Å². The summed E-state index contributed by atoms with van der Waals surface area (Å²) in [7, 11) is 0. The number of esters is 9. The quantitative estimate of drug-likeness (QED) is 0.155. The Hall–Kier alpha value is -4.19. The fourth-order valence-electron chi connectivity index (χ4n) is 6.33. The lowest BCUT2D eigenvalue weighted by molar-refractivity contribution is -0.198. The van der Waals surface area contributed by atoms with Gasteiger partial charge in [-0.1, -0.05) is 11.8 Å². The average Bonchev–Trinajstić information content (AvgIpc) is 3.09. The molecule has 3 saturated heterocycles. The predicted molar refractivity (Wildman–Crippen MR) is 197 cm³/mol. The van der Waals surface area contributed by atoms with Crippen LogP contribution in [0.15, 0.2) is 0 Å². The maximum absolute atomic E-state index is 12.9. The van der Waals surface area contributed by atoms with Crippen molar-refractivity contribution in [3.05, 3.63) is 0 Å². The van der Waals surface area contributed by atoms with Crippen molar-refractivity contribution in [2.75, 3.05) is 19.8 Å². The molecule has 0 amide bonds. The minimum Gasteiger partial charge on any atom is -0.463 e. The van der Waals surface area contributed by atoms with Crippen molar-refractivity contribution in [3.63, 3.8) is 0 Å². The summed E-state index contributed by atoms with van der Waals surface area (Å²) in [5.41, 5.74) is -3.74. The van der Waals surface area contributed by atoms with Gasteiger partial charge in [-0.05, 0) is 0 Å². The zero-order chi connectivity index (χ0) is 44.1. The Labute approximate surface area is 348 Å². The van der Waals surface area contributed by atoms with Crippen molar-refractivity contribution in [1.29, 1.82) is 0 Å². The van der Waals surface area contributed by atoms with Crippen LogP contribution in [-0.2, 0) is 100.0 Å². The minimum absolute atomic E-state index is 0.133. The summed E-state index contributed by atoms with van der Waals surface area (Å²) in [5.74, 6) is -6.58. The summed E-state index contributed by atoms with van der Waals surface area (Å²) >= 11 is 1.72. The summed E-state index contributed by atoms with van der Waals surface area (Å²) < 4.78 is 68.3. The Morgan fingerprint density at radius 1 is 0.390 bits per heavy atom. The lowest BCUT2D eigenvalue weighted by Gasteiger charge is -2.48. The van der Waals surface area contributed by atoms with Crippen molar-refractivity contribution in [2.24, 2.45) is 0 Å². The minimum atomic E-state index is -1.42. The fraction of sp³-hybridized carbons (Fsp3) is 0.750. The first-order valence-corrected chi connectivity index (χ1v) is 20.2. The van der Waals surface area contributed by atoms with E-state index in [-0.39, 0.29) is 19.4 Å². The van der Waals surface area contributed by atoms with E-state index < -0.39 is 143 Å². The first-order chi connectivity index (χ1) is 27.6. The molecule has 0 radical (unpaired) electrons. The Kier molecular flexibility index (Phi) is 19.2.